The predicted molar refractivity (Wildman–Crippen MR) is 99.4 cm³/mol. The van der Waals surface area contributed by atoms with Crippen molar-refractivity contribution < 1.29 is 9.53 Å². The van der Waals surface area contributed by atoms with Crippen molar-refractivity contribution in [1.82, 2.24) is 29.6 Å². The summed E-state index contributed by atoms with van der Waals surface area (Å²) in [6.07, 6.45) is 6.82. The van der Waals surface area contributed by atoms with Gasteiger partial charge in [-0.3, -0.25) is 9.78 Å². The van der Waals surface area contributed by atoms with Crippen LogP contribution in [0.25, 0.3) is 5.82 Å². The lowest BCUT2D eigenvalue weighted by Gasteiger charge is -2.40. The van der Waals surface area contributed by atoms with Gasteiger partial charge in [0.15, 0.2) is 11.6 Å². The van der Waals surface area contributed by atoms with Gasteiger partial charge in [-0.2, -0.15) is 4.68 Å². The number of rotatable bonds is 4. The third-order valence-electron chi connectivity index (χ3n) is 5.09. The van der Waals surface area contributed by atoms with Crippen molar-refractivity contribution in [2.24, 2.45) is 0 Å². The van der Waals surface area contributed by atoms with E-state index in [1.165, 1.54) is 0 Å². The Hall–Kier alpha value is -3.13. The molecule has 3 aromatic rings. The van der Waals surface area contributed by atoms with Gasteiger partial charge in [-0.25, -0.2) is 9.97 Å². The minimum Gasteiger partial charge on any atom is -0.358 e. The predicted octanol–water partition coefficient (Wildman–Crippen LogP) is 2.17. The van der Waals surface area contributed by atoms with E-state index in [-0.39, 0.29) is 24.6 Å². The Morgan fingerprint density at radius 2 is 2.04 bits per heavy atom. The second kappa shape index (κ2) is 6.79. The Kier molecular flexibility index (Phi) is 4.12. The maximum absolute atomic E-state index is 12.7. The molecule has 142 valence electrons. The van der Waals surface area contributed by atoms with Crippen molar-refractivity contribution in [3.05, 3.63) is 66.1 Å². The van der Waals surface area contributed by atoms with Crippen LogP contribution < -0.4 is 0 Å². The molecule has 2 fully saturated rings. The number of aryl methyl sites for hydroxylation is 1. The summed E-state index contributed by atoms with van der Waals surface area (Å²) in [6, 6.07) is 9.45. The Morgan fingerprint density at radius 3 is 2.75 bits per heavy atom. The smallest absolute Gasteiger partial charge is 0.249 e. The highest BCUT2D eigenvalue weighted by atomic mass is 16.5. The fraction of sp³-hybridized carbons (Fsp3) is 0.350. The number of aromatic nitrogens is 5. The topological polar surface area (TPSA) is 86.0 Å². The van der Waals surface area contributed by atoms with E-state index >= 15 is 0 Å². The van der Waals surface area contributed by atoms with Crippen molar-refractivity contribution in [3.8, 4) is 5.82 Å². The van der Waals surface area contributed by atoms with E-state index < -0.39 is 6.10 Å². The molecule has 28 heavy (non-hydrogen) atoms. The van der Waals surface area contributed by atoms with Crippen molar-refractivity contribution in [3.63, 3.8) is 0 Å². The van der Waals surface area contributed by atoms with Crippen LogP contribution in [-0.2, 0) is 9.53 Å². The normalized spacial score (nSPS) is 22.5. The van der Waals surface area contributed by atoms with Crippen LogP contribution in [0.5, 0.6) is 0 Å². The van der Waals surface area contributed by atoms with Crippen LogP contribution in [0.4, 0.5) is 0 Å². The van der Waals surface area contributed by atoms with Crippen LogP contribution in [0.15, 0.2) is 48.9 Å². The molecule has 2 aliphatic rings. The zero-order chi connectivity index (χ0) is 19.1. The highest BCUT2D eigenvalue weighted by Crippen LogP contribution is 2.44. The number of hydrogen-bond acceptors (Lipinski definition) is 6. The highest BCUT2D eigenvalue weighted by molar-refractivity contribution is 5.79. The molecule has 1 saturated heterocycles. The molecule has 1 saturated carbocycles. The van der Waals surface area contributed by atoms with Gasteiger partial charge < -0.3 is 9.64 Å². The summed E-state index contributed by atoms with van der Waals surface area (Å²) >= 11 is 0. The van der Waals surface area contributed by atoms with Crippen LogP contribution >= 0.6 is 0 Å². The Bertz CT molecular complexity index is 986. The largest absolute Gasteiger partial charge is 0.358 e. The summed E-state index contributed by atoms with van der Waals surface area (Å²) in [4.78, 5) is 28.0. The first-order valence-electron chi connectivity index (χ1n) is 9.40. The summed E-state index contributed by atoms with van der Waals surface area (Å²) in [5.74, 6) is 1.95. The second-order valence-electron chi connectivity index (χ2n) is 7.11. The number of nitrogens with zero attached hydrogens (tertiary/aromatic N) is 6. The quantitative estimate of drug-likeness (QED) is 0.694. The number of amides is 1. The van der Waals surface area contributed by atoms with E-state index in [4.69, 9.17) is 4.74 Å². The molecule has 2 atom stereocenters. The lowest BCUT2D eigenvalue weighted by atomic mass is 9.98. The van der Waals surface area contributed by atoms with Crippen molar-refractivity contribution in [2.75, 3.05) is 6.61 Å². The van der Waals surface area contributed by atoms with Gasteiger partial charge >= 0.3 is 0 Å². The Morgan fingerprint density at radius 1 is 1.14 bits per heavy atom. The zero-order valence-corrected chi connectivity index (χ0v) is 15.5. The summed E-state index contributed by atoms with van der Waals surface area (Å²) < 4.78 is 7.77. The van der Waals surface area contributed by atoms with E-state index in [1.807, 2.05) is 42.2 Å². The maximum atomic E-state index is 12.7. The molecule has 0 unspecified atom stereocenters. The number of ether oxygens (including phenoxy) is 1. The lowest BCUT2D eigenvalue weighted by molar-refractivity contribution is -0.160. The van der Waals surface area contributed by atoms with E-state index in [9.17, 15) is 4.79 Å². The minimum absolute atomic E-state index is 0.00762. The van der Waals surface area contributed by atoms with Gasteiger partial charge in [0.2, 0.25) is 5.91 Å². The fourth-order valence-corrected chi connectivity index (χ4v) is 3.78. The monoisotopic (exact) mass is 376 g/mol. The van der Waals surface area contributed by atoms with Crippen LogP contribution in [-0.4, -0.2) is 48.2 Å². The van der Waals surface area contributed by atoms with Gasteiger partial charge in [0.1, 0.15) is 18.5 Å². The molecule has 8 heteroatoms. The van der Waals surface area contributed by atoms with Crippen LogP contribution in [0.2, 0.25) is 0 Å². The van der Waals surface area contributed by atoms with Crippen LogP contribution in [0, 0.1) is 6.92 Å². The number of carbonyl (C=O) groups excluding carboxylic acids is 1. The first-order chi connectivity index (χ1) is 13.7. The van der Waals surface area contributed by atoms with Gasteiger partial charge in [0, 0.05) is 24.6 Å². The average Bonchev–Trinajstić information content (AvgIpc) is 3.50. The molecular formula is C20H20N6O2. The first kappa shape index (κ1) is 17.0. The van der Waals surface area contributed by atoms with Crippen molar-refractivity contribution >= 4 is 5.91 Å². The minimum atomic E-state index is -0.453. The molecule has 0 bridgehead atoms. The molecule has 1 aliphatic heterocycles. The summed E-state index contributed by atoms with van der Waals surface area (Å²) in [7, 11) is 0. The standard InChI is InChI=1S/C20H20N6O2/c1-13-23-20(26(24-13)16-6-2-3-10-22-16)19-18(14-5-4-9-21-11-14)25(15-7-8-15)17(27)12-28-19/h2-6,9-11,15,18-19H,7-8,12H2,1H3/t18-,19+/m1/s1. The highest BCUT2D eigenvalue weighted by Gasteiger charge is 2.47. The van der Waals surface area contributed by atoms with Crippen molar-refractivity contribution in [1.29, 1.82) is 0 Å². The summed E-state index contributed by atoms with van der Waals surface area (Å²) in [5.41, 5.74) is 0.931. The molecule has 1 aliphatic carbocycles. The molecular weight excluding hydrogens is 356 g/mol. The number of morpholine rings is 1. The van der Waals surface area contributed by atoms with Crippen LogP contribution in [0.3, 0.4) is 0 Å². The first-order valence-corrected chi connectivity index (χ1v) is 9.40. The fourth-order valence-electron chi connectivity index (χ4n) is 3.78. The molecule has 0 spiro atoms. The lowest BCUT2D eigenvalue weighted by Crippen LogP contribution is -2.47. The Balaban J connectivity index is 1.63. The van der Waals surface area contributed by atoms with E-state index in [0.29, 0.717) is 17.5 Å². The number of hydrogen-bond donors (Lipinski definition) is 0. The molecule has 0 N–H and O–H groups in total. The van der Waals surface area contributed by atoms with Crippen LogP contribution in [0.1, 0.15) is 42.2 Å². The SMILES string of the molecule is Cc1nc([C@H]2OCC(=O)N(C3CC3)[C@@H]2c2cccnc2)n(-c2ccccn2)n1. The summed E-state index contributed by atoms with van der Waals surface area (Å²) in [6.45, 7) is 1.88. The zero-order valence-electron chi connectivity index (χ0n) is 15.5. The molecule has 4 heterocycles. The molecule has 0 radical (unpaired) electrons. The molecule has 8 nitrogen and oxygen atoms in total. The molecule has 1 amide bonds. The third-order valence-corrected chi connectivity index (χ3v) is 5.09. The summed E-state index contributed by atoms with van der Waals surface area (Å²) in [5, 5.41) is 4.53. The second-order valence-corrected chi connectivity index (χ2v) is 7.11. The maximum Gasteiger partial charge on any atom is 0.249 e. The molecule has 5 rings (SSSR count). The molecule has 0 aromatic carbocycles. The average molecular weight is 376 g/mol. The van der Waals surface area contributed by atoms with E-state index in [2.05, 4.69) is 20.1 Å². The van der Waals surface area contributed by atoms with Crippen molar-refractivity contribution in [2.45, 2.75) is 38.0 Å². The third kappa shape index (κ3) is 2.95. The Labute approximate surface area is 162 Å². The van der Waals surface area contributed by atoms with Gasteiger partial charge in [0.25, 0.3) is 0 Å². The number of pyridine rings is 2. The van der Waals surface area contributed by atoms with Gasteiger partial charge in [-0.15, -0.1) is 5.10 Å². The number of carbonyl (C=O) groups is 1. The van der Waals surface area contributed by atoms with E-state index in [0.717, 1.165) is 18.4 Å². The van der Waals surface area contributed by atoms with Gasteiger partial charge in [0.05, 0.1) is 6.04 Å². The van der Waals surface area contributed by atoms with Gasteiger partial charge in [-0.05, 0) is 43.5 Å². The molecule has 3 aromatic heterocycles. The van der Waals surface area contributed by atoms with Gasteiger partial charge in [-0.1, -0.05) is 12.1 Å². The van der Waals surface area contributed by atoms with E-state index in [1.54, 1.807) is 23.3 Å².